The van der Waals surface area contributed by atoms with E-state index in [1.54, 1.807) is 12.4 Å². The van der Waals surface area contributed by atoms with E-state index in [4.69, 9.17) is 10.5 Å². The summed E-state index contributed by atoms with van der Waals surface area (Å²) in [6.45, 7) is 0. The SMILES string of the molecule is Nc1ccc2nc(Oc3cccnc3)ccc2c1. The first-order valence-corrected chi connectivity index (χ1v) is 5.55. The van der Waals surface area contributed by atoms with E-state index >= 15 is 0 Å². The van der Waals surface area contributed by atoms with Gasteiger partial charge in [-0.15, -0.1) is 0 Å². The number of benzene rings is 1. The lowest BCUT2D eigenvalue weighted by molar-refractivity contribution is 0.463. The normalized spacial score (nSPS) is 10.4. The highest BCUT2D eigenvalue weighted by Gasteiger charge is 2.01. The number of nitrogens with two attached hydrogens (primary N) is 1. The number of aromatic nitrogens is 2. The number of nitrogen functional groups attached to an aromatic ring is 1. The van der Waals surface area contributed by atoms with Gasteiger partial charge >= 0.3 is 0 Å². The molecular formula is C14H11N3O. The van der Waals surface area contributed by atoms with Crippen LogP contribution >= 0.6 is 0 Å². The number of fused-ring (bicyclic) bond motifs is 1. The molecule has 1 aromatic carbocycles. The molecule has 0 radical (unpaired) electrons. The smallest absolute Gasteiger partial charge is 0.219 e. The molecule has 88 valence electrons. The summed E-state index contributed by atoms with van der Waals surface area (Å²) in [4.78, 5) is 8.39. The molecule has 0 fully saturated rings. The predicted octanol–water partition coefficient (Wildman–Crippen LogP) is 3.00. The lowest BCUT2D eigenvalue weighted by Gasteiger charge is -2.05. The Labute approximate surface area is 104 Å². The molecule has 0 atom stereocenters. The van der Waals surface area contributed by atoms with E-state index in [0.29, 0.717) is 11.6 Å². The third-order valence-corrected chi connectivity index (χ3v) is 2.54. The zero-order valence-electron chi connectivity index (χ0n) is 9.58. The molecule has 2 N–H and O–H groups in total. The Bertz CT molecular complexity index is 683. The van der Waals surface area contributed by atoms with Crippen LogP contribution in [-0.4, -0.2) is 9.97 Å². The summed E-state index contributed by atoms with van der Waals surface area (Å²) in [6, 6.07) is 13.0. The summed E-state index contributed by atoms with van der Waals surface area (Å²) in [5.74, 6) is 1.21. The molecule has 3 aromatic rings. The molecule has 0 saturated carbocycles. The second kappa shape index (κ2) is 4.33. The molecule has 0 aliphatic rings. The molecule has 2 heterocycles. The van der Waals surface area contributed by atoms with Crippen LogP contribution in [0.15, 0.2) is 54.9 Å². The highest BCUT2D eigenvalue weighted by molar-refractivity contribution is 5.82. The molecule has 2 aromatic heterocycles. The van der Waals surface area contributed by atoms with Crippen molar-refractivity contribution in [2.24, 2.45) is 0 Å². The molecule has 0 bridgehead atoms. The van der Waals surface area contributed by atoms with Crippen molar-refractivity contribution in [3.8, 4) is 11.6 Å². The van der Waals surface area contributed by atoms with Crippen LogP contribution in [0, 0.1) is 0 Å². The van der Waals surface area contributed by atoms with Crippen LogP contribution in [0.2, 0.25) is 0 Å². The Morgan fingerprint density at radius 2 is 2.00 bits per heavy atom. The summed E-state index contributed by atoms with van der Waals surface area (Å²) in [6.07, 6.45) is 3.35. The van der Waals surface area contributed by atoms with Gasteiger partial charge in [-0.2, -0.15) is 0 Å². The fourth-order valence-electron chi connectivity index (χ4n) is 1.71. The maximum absolute atomic E-state index is 5.72. The first-order chi connectivity index (χ1) is 8.81. The monoisotopic (exact) mass is 237 g/mol. The number of pyridine rings is 2. The molecule has 0 spiro atoms. The van der Waals surface area contributed by atoms with Gasteiger partial charge < -0.3 is 10.5 Å². The molecule has 0 amide bonds. The minimum absolute atomic E-state index is 0.542. The number of nitrogens with zero attached hydrogens (tertiary/aromatic N) is 2. The van der Waals surface area contributed by atoms with Crippen LogP contribution in [0.3, 0.4) is 0 Å². The van der Waals surface area contributed by atoms with Gasteiger partial charge in [0.05, 0.1) is 11.7 Å². The molecular weight excluding hydrogens is 226 g/mol. The topological polar surface area (TPSA) is 61.0 Å². The molecule has 0 unspecified atom stereocenters. The first-order valence-electron chi connectivity index (χ1n) is 5.55. The predicted molar refractivity (Wildman–Crippen MR) is 70.5 cm³/mol. The maximum Gasteiger partial charge on any atom is 0.219 e. The zero-order chi connectivity index (χ0) is 12.4. The summed E-state index contributed by atoms with van der Waals surface area (Å²) in [5.41, 5.74) is 7.30. The Morgan fingerprint density at radius 3 is 2.83 bits per heavy atom. The molecule has 0 aliphatic carbocycles. The van der Waals surface area contributed by atoms with E-state index in [1.165, 1.54) is 0 Å². The largest absolute Gasteiger partial charge is 0.437 e. The van der Waals surface area contributed by atoms with Crippen LogP contribution < -0.4 is 10.5 Å². The number of anilines is 1. The van der Waals surface area contributed by atoms with Crippen LogP contribution in [0.25, 0.3) is 10.9 Å². The molecule has 0 aliphatic heterocycles. The second-order valence-corrected chi connectivity index (χ2v) is 3.89. The van der Waals surface area contributed by atoms with Crippen molar-refractivity contribution in [1.29, 1.82) is 0 Å². The fourth-order valence-corrected chi connectivity index (χ4v) is 1.71. The first kappa shape index (κ1) is 10.5. The van der Waals surface area contributed by atoms with E-state index in [-0.39, 0.29) is 0 Å². The Hall–Kier alpha value is -2.62. The van der Waals surface area contributed by atoms with Crippen molar-refractivity contribution in [1.82, 2.24) is 9.97 Å². The minimum atomic E-state index is 0.542. The van der Waals surface area contributed by atoms with Crippen molar-refractivity contribution in [2.75, 3.05) is 5.73 Å². The number of hydrogen-bond donors (Lipinski definition) is 1. The summed E-state index contributed by atoms with van der Waals surface area (Å²) in [5, 5.41) is 0.994. The Kier molecular flexibility index (Phi) is 2.53. The molecule has 18 heavy (non-hydrogen) atoms. The van der Waals surface area contributed by atoms with Gasteiger partial charge in [0.1, 0.15) is 5.75 Å². The lowest BCUT2D eigenvalue weighted by Crippen LogP contribution is -1.90. The zero-order valence-corrected chi connectivity index (χ0v) is 9.58. The molecule has 4 nitrogen and oxygen atoms in total. The van der Waals surface area contributed by atoms with Crippen LogP contribution in [0.1, 0.15) is 0 Å². The maximum atomic E-state index is 5.72. The van der Waals surface area contributed by atoms with Crippen LogP contribution in [0.5, 0.6) is 11.6 Å². The summed E-state index contributed by atoms with van der Waals surface area (Å²) in [7, 11) is 0. The second-order valence-electron chi connectivity index (χ2n) is 3.89. The van der Waals surface area contributed by atoms with Gasteiger partial charge in [-0.1, -0.05) is 0 Å². The fraction of sp³-hybridized carbons (Fsp3) is 0. The molecule has 4 heteroatoms. The minimum Gasteiger partial charge on any atom is -0.437 e. The Balaban J connectivity index is 1.96. The van der Waals surface area contributed by atoms with E-state index in [9.17, 15) is 0 Å². The third-order valence-electron chi connectivity index (χ3n) is 2.54. The quantitative estimate of drug-likeness (QED) is 0.696. The molecule has 0 saturated heterocycles. The third kappa shape index (κ3) is 2.08. The van der Waals surface area contributed by atoms with Gasteiger partial charge in [0.15, 0.2) is 0 Å². The van der Waals surface area contributed by atoms with Crippen molar-refractivity contribution < 1.29 is 4.74 Å². The average molecular weight is 237 g/mol. The molecule has 3 rings (SSSR count). The van der Waals surface area contributed by atoms with E-state index in [2.05, 4.69) is 9.97 Å². The highest BCUT2D eigenvalue weighted by Crippen LogP contribution is 2.22. The number of rotatable bonds is 2. The van der Waals surface area contributed by atoms with Gasteiger partial charge in [-0.05, 0) is 36.4 Å². The van der Waals surface area contributed by atoms with Gasteiger partial charge in [0, 0.05) is 23.3 Å². The summed E-state index contributed by atoms with van der Waals surface area (Å²) >= 11 is 0. The van der Waals surface area contributed by atoms with E-state index in [0.717, 1.165) is 16.6 Å². The van der Waals surface area contributed by atoms with E-state index < -0.39 is 0 Å². The van der Waals surface area contributed by atoms with Crippen LogP contribution in [-0.2, 0) is 0 Å². The average Bonchev–Trinajstić information content (AvgIpc) is 2.40. The van der Waals surface area contributed by atoms with Gasteiger partial charge in [0.2, 0.25) is 5.88 Å². The van der Waals surface area contributed by atoms with Gasteiger partial charge in [0.25, 0.3) is 0 Å². The van der Waals surface area contributed by atoms with Gasteiger partial charge in [-0.3, -0.25) is 4.98 Å². The van der Waals surface area contributed by atoms with Crippen LogP contribution in [0.4, 0.5) is 5.69 Å². The summed E-state index contributed by atoms with van der Waals surface area (Å²) < 4.78 is 5.61. The number of hydrogen-bond acceptors (Lipinski definition) is 4. The lowest BCUT2D eigenvalue weighted by atomic mass is 10.2. The van der Waals surface area contributed by atoms with Crippen molar-refractivity contribution >= 4 is 16.6 Å². The number of ether oxygens (including phenoxy) is 1. The standard InChI is InChI=1S/C14H11N3O/c15-11-4-5-13-10(8-11)3-6-14(17-13)18-12-2-1-7-16-9-12/h1-9H,15H2. The van der Waals surface area contributed by atoms with Crippen molar-refractivity contribution in [3.05, 3.63) is 54.9 Å². The van der Waals surface area contributed by atoms with E-state index in [1.807, 2.05) is 42.5 Å². The van der Waals surface area contributed by atoms with Gasteiger partial charge in [-0.25, -0.2) is 4.98 Å². The van der Waals surface area contributed by atoms with Crippen molar-refractivity contribution in [2.45, 2.75) is 0 Å². The van der Waals surface area contributed by atoms with Crippen molar-refractivity contribution in [3.63, 3.8) is 0 Å². The Morgan fingerprint density at radius 1 is 1.06 bits per heavy atom. The highest BCUT2D eigenvalue weighted by atomic mass is 16.5.